The van der Waals surface area contributed by atoms with E-state index >= 15 is 0 Å². The number of carbonyl (C=O) groups is 1. The lowest BCUT2D eigenvalue weighted by atomic mass is 10.1. The van der Waals surface area contributed by atoms with Crippen molar-refractivity contribution >= 4 is 23.4 Å². The summed E-state index contributed by atoms with van der Waals surface area (Å²) in [6.45, 7) is 5.67. The van der Waals surface area contributed by atoms with Crippen molar-refractivity contribution in [3.05, 3.63) is 53.7 Å². The Kier molecular flexibility index (Phi) is 7.09. The van der Waals surface area contributed by atoms with E-state index in [9.17, 15) is 4.79 Å². The van der Waals surface area contributed by atoms with Gasteiger partial charge in [-0.15, -0.1) is 11.8 Å². The van der Waals surface area contributed by atoms with Gasteiger partial charge >= 0.3 is 0 Å². The zero-order chi connectivity index (χ0) is 18.2. The highest BCUT2D eigenvalue weighted by Gasteiger charge is 2.10. The van der Waals surface area contributed by atoms with Crippen molar-refractivity contribution in [2.45, 2.75) is 37.6 Å². The number of nitrogens with one attached hydrogen (secondary N) is 1. The molecule has 1 N–H and O–H groups in total. The summed E-state index contributed by atoms with van der Waals surface area (Å²) in [5, 5.41) is 3.92. The molecular formula is C21H27N3OS. The molecule has 1 fully saturated rings. The molecule has 1 aliphatic heterocycles. The topological polar surface area (TPSA) is 45.2 Å². The first-order chi connectivity index (χ1) is 12.7. The Morgan fingerprint density at radius 1 is 1.19 bits per heavy atom. The Morgan fingerprint density at radius 3 is 2.77 bits per heavy atom. The van der Waals surface area contributed by atoms with Crippen molar-refractivity contribution < 1.29 is 4.79 Å². The van der Waals surface area contributed by atoms with E-state index in [0.29, 0.717) is 5.56 Å². The van der Waals surface area contributed by atoms with Gasteiger partial charge in [0.25, 0.3) is 5.91 Å². The standard InChI is InChI=1S/C21H27N3OS/c1-2-17-7-6-8-19(15-17)23-21(25)18-9-10-20(22-16-18)26-14-13-24-11-4-3-5-12-24/h6-10,15-16H,2-5,11-14H2,1H3,(H,23,25). The van der Waals surface area contributed by atoms with Crippen LogP contribution in [0.2, 0.25) is 0 Å². The van der Waals surface area contributed by atoms with Gasteiger partial charge in [0.2, 0.25) is 0 Å². The van der Waals surface area contributed by atoms with Gasteiger partial charge in [-0.3, -0.25) is 4.79 Å². The predicted octanol–water partition coefficient (Wildman–Crippen LogP) is 4.47. The van der Waals surface area contributed by atoms with E-state index in [2.05, 4.69) is 28.2 Å². The van der Waals surface area contributed by atoms with E-state index < -0.39 is 0 Å². The molecule has 0 aliphatic carbocycles. The molecule has 0 saturated carbocycles. The van der Waals surface area contributed by atoms with Crippen LogP contribution in [0.25, 0.3) is 0 Å². The number of amides is 1. The van der Waals surface area contributed by atoms with Crippen LogP contribution in [-0.4, -0.2) is 41.2 Å². The molecule has 1 aliphatic rings. The van der Waals surface area contributed by atoms with Gasteiger partial charge in [0, 0.05) is 24.2 Å². The fourth-order valence-corrected chi connectivity index (χ4v) is 3.98. The molecule has 1 aromatic heterocycles. The van der Waals surface area contributed by atoms with Crippen LogP contribution >= 0.6 is 11.8 Å². The molecule has 4 nitrogen and oxygen atoms in total. The molecule has 1 saturated heterocycles. The molecule has 2 aromatic rings. The Morgan fingerprint density at radius 2 is 2.04 bits per heavy atom. The van der Waals surface area contributed by atoms with E-state index in [4.69, 9.17) is 0 Å². The maximum atomic E-state index is 12.4. The molecule has 0 bridgehead atoms. The number of piperidine rings is 1. The molecule has 1 aromatic carbocycles. The summed E-state index contributed by atoms with van der Waals surface area (Å²) in [5.41, 5.74) is 2.63. The van der Waals surface area contributed by atoms with Crippen molar-refractivity contribution in [3.63, 3.8) is 0 Å². The minimum Gasteiger partial charge on any atom is -0.322 e. The lowest BCUT2D eigenvalue weighted by Crippen LogP contribution is -2.31. The van der Waals surface area contributed by atoms with Crippen molar-refractivity contribution in [1.82, 2.24) is 9.88 Å². The number of aromatic nitrogens is 1. The van der Waals surface area contributed by atoms with Crippen LogP contribution in [0.4, 0.5) is 5.69 Å². The summed E-state index contributed by atoms with van der Waals surface area (Å²) in [7, 11) is 0. The van der Waals surface area contributed by atoms with Crippen molar-refractivity contribution in [3.8, 4) is 0 Å². The molecule has 0 radical (unpaired) electrons. The zero-order valence-electron chi connectivity index (χ0n) is 15.4. The number of hydrogen-bond acceptors (Lipinski definition) is 4. The number of benzene rings is 1. The minimum atomic E-state index is -0.115. The third kappa shape index (κ3) is 5.58. The number of carbonyl (C=O) groups excluding carboxylic acids is 1. The number of aryl methyl sites for hydroxylation is 1. The molecule has 0 spiro atoms. The average Bonchev–Trinajstić information content (AvgIpc) is 2.69. The first-order valence-electron chi connectivity index (χ1n) is 9.46. The maximum absolute atomic E-state index is 12.4. The SMILES string of the molecule is CCc1cccc(NC(=O)c2ccc(SCCN3CCCCC3)nc2)c1. The lowest BCUT2D eigenvalue weighted by Gasteiger charge is -2.25. The molecule has 2 heterocycles. The summed E-state index contributed by atoms with van der Waals surface area (Å²) in [6.07, 6.45) is 6.65. The number of pyridine rings is 1. The first-order valence-corrected chi connectivity index (χ1v) is 10.4. The zero-order valence-corrected chi connectivity index (χ0v) is 16.2. The minimum absolute atomic E-state index is 0.115. The van der Waals surface area contributed by atoms with Crippen LogP contribution in [0.5, 0.6) is 0 Å². The van der Waals surface area contributed by atoms with Gasteiger partial charge in [-0.25, -0.2) is 4.98 Å². The second kappa shape index (κ2) is 9.74. The number of rotatable bonds is 7. The van der Waals surface area contributed by atoms with Crippen LogP contribution in [-0.2, 0) is 6.42 Å². The number of thioether (sulfide) groups is 1. The van der Waals surface area contributed by atoms with E-state index in [-0.39, 0.29) is 5.91 Å². The Labute approximate surface area is 160 Å². The third-order valence-corrected chi connectivity index (χ3v) is 5.62. The van der Waals surface area contributed by atoms with E-state index in [1.54, 1.807) is 18.0 Å². The van der Waals surface area contributed by atoms with Crippen LogP contribution in [0.15, 0.2) is 47.6 Å². The van der Waals surface area contributed by atoms with Gasteiger partial charge in [0.05, 0.1) is 10.6 Å². The third-order valence-electron chi connectivity index (χ3n) is 4.70. The second-order valence-corrected chi connectivity index (χ2v) is 7.76. The van der Waals surface area contributed by atoms with Crippen molar-refractivity contribution in [1.29, 1.82) is 0 Å². The Bertz CT molecular complexity index is 711. The molecule has 3 rings (SSSR count). The fourth-order valence-electron chi connectivity index (χ4n) is 3.13. The van der Waals surface area contributed by atoms with Gasteiger partial charge in [0.1, 0.15) is 0 Å². The quantitative estimate of drug-likeness (QED) is 0.731. The second-order valence-electron chi connectivity index (χ2n) is 6.64. The molecular weight excluding hydrogens is 342 g/mol. The summed E-state index contributed by atoms with van der Waals surface area (Å²) >= 11 is 1.76. The smallest absolute Gasteiger partial charge is 0.257 e. The van der Waals surface area contributed by atoms with Crippen molar-refractivity contribution in [2.75, 3.05) is 30.7 Å². The van der Waals surface area contributed by atoms with Gasteiger partial charge in [0.15, 0.2) is 0 Å². The summed E-state index contributed by atoms with van der Waals surface area (Å²) in [5.74, 6) is 0.929. The van der Waals surface area contributed by atoms with Crippen LogP contribution in [0, 0.1) is 0 Å². The highest BCUT2D eigenvalue weighted by molar-refractivity contribution is 7.99. The van der Waals surface area contributed by atoms with Gasteiger partial charge in [-0.2, -0.15) is 0 Å². The Balaban J connectivity index is 1.49. The first kappa shape index (κ1) is 18.9. The maximum Gasteiger partial charge on any atom is 0.257 e. The number of nitrogens with zero attached hydrogens (tertiary/aromatic N) is 2. The number of hydrogen-bond donors (Lipinski definition) is 1. The van der Waals surface area contributed by atoms with Gasteiger partial charge in [-0.1, -0.05) is 25.5 Å². The molecule has 0 atom stereocenters. The normalized spacial score (nSPS) is 15.0. The lowest BCUT2D eigenvalue weighted by molar-refractivity contribution is 0.102. The molecule has 138 valence electrons. The molecule has 5 heteroatoms. The fraction of sp³-hybridized carbons (Fsp3) is 0.429. The van der Waals surface area contributed by atoms with E-state index in [1.165, 1.54) is 37.9 Å². The van der Waals surface area contributed by atoms with Crippen LogP contribution in [0.1, 0.15) is 42.1 Å². The summed E-state index contributed by atoms with van der Waals surface area (Å²) in [4.78, 5) is 19.4. The largest absolute Gasteiger partial charge is 0.322 e. The molecule has 0 unspecified atom stereocenters. The van der Waals surface area contributed by atoms with E-state index in [0.717, 1.165) is 29.4 Å². The highest BCUT2D eigenvalue weighted by Crippen LogP contribution is 2.18. The van der Waals surface area contributed by atoms with E-state index in [1.807, 2.05) is 30.3 Å². The number of anilines is 1. The summed E-state index contributed by atoms with van der Waals surface area (Å²) in [6, 6.07) is 11.8. The van der Waals surface area contributed by atoms with Crippen molar-refractivity contribution in [2.24, 2.45) is 0 Å². The van der Waals surface area contributed by atoms with Gasteiger partial charge in [-0.05, 0) is 62.2 Å². The molecule has 26 heavy (non-hydrogen) atoms. The summed E-state index contributed by atoms with van der Waals surface area (Å²) < 4.78 is 0. The van der Waals surface area contributed by atoms with Crippen LogP contribution in [0.3, 0.4) is 0 Å². The Hall–Kier alpha value is -1.85. The van der Waals surface area contributed by atoms with Crippen LogP contribution < -0.4 is 5.32 Å². The monoisotopic (exact) mass is 369 g/mol. The molecule has 1 amide bonds. The average molecular weight is 370 g/mol. The van der Waals surface area contributed by atoms with Gasteiger partial charge < -0.3 is 10.2 Å². The highest BCUT2D eigenvalue weighted by atomic mass is 32.2. The predicted molar refractivity (Wildman–Crippen MR) is 109 cm³/mol. The number of likely N-dealkylation sites (tertiary alicyclic amines) is 1.